The molecule has 1 aromatic carbocycles. The lowest BCUT2D eigenvalue weighted by molar-refractivity contribution is -0.131. The maximum atomic E-state index is 12.4. The highest BCUT2D eigenvalue weighted by Crippen LogP contribution is 2.28. The van der Waals surface area contributed by atoms with Crippen LogP contribution in [0.5, 0.6) is 0 Å². The summed E-state index contributed by atoms with van der Waals surface area (Å²) >= 11 is 3.33. The van der Waals surface area contributed by atoms with Crippen LogP contribution in [0.3, 0.4) is 0 Å². The van der Waals surface area contributed by atoms with Gasteiger partial charge in [0.15, 0.2) is 5.65 Å². The number of nitrogens with zero attached hydrogens (tertiary/aromatic N) is 3. The number of nitrogens with one attached hydrogen (secondary N) is 2. The lowest BCUT2D eigenvalue weighted by Crippen LogP contribution is -2.15. The van der Waals surface area contributed by atoms with Crippen molar-refractivity contribution in [3.05, 3.63) is 46.2 Å². The van der Waals surface area contributed by atoms with Crippen LogP contribution in [0.1, 0.15) is 24.5 Å². The Morgan fingerprint density at radius 2 is 2.00 bits per heavy atom. The Morgan fingerprint density at radius 3 is 2.68 bits per heavy atom. The molecule has 2 aromatic heterocycles. The minimum atomic E-state index is -4.21. The van der Waals surface area contributed by atoms with E-state index in [9.17, 15) is 13.2 Å². The molecule has 150 valence electrons. The van der Waals surface area contributed by atoms with Gasteiger partial charge >= 0.3 is 6.18 Å². The van der Waals surface area contributed by atoms with Crippen LogP contribution in [0, 0.1) is 6.92 Å². The first kappa shape index (κ1) is 20.6. The molecule has 0 fully saturated rings. The van der Waals surface area contributed by atoms with Crippen molar-refractivity contribution >= 4 is 27.3 Å². The fourth-order valence-electron chi connectivity index (χ4n) is 2.92. The molecular formula is C19H21BrF3N5. The molecular weight excluding hydrogens is 435 g/mol. The molecule has 28 heavy (non-hydrogen) atoms. The fraction of sp³-hybridized carbons (Fsp3) is 0.368. The van der Waals surface area contributed by atoms with Gasteiger partial charge in [0.2, 0.25) is 0 Å². The van der Waals surface area contributed by atoms with Gasteiger partial charge < -0.3 is 10.6 Å². The molecule has 3 rings (SSSR count). The molecule has 0 amide bonds. The average Bonchev–Trinajstić information content (AvgIpc) is 3.03. The molecule has 0 unspecified atom stereocenters. The molecule has 0 atom stereocenters. The Kier molecular flexibility index (Phi) is 6.24. The second-order valence-corrected chi connectivity index (χ2v) is 7.29. The molecule has 5 nitrogen and oxygen atoms in total. The summed E-state index contributed by atoms with van der Waals surface area (Å²) in [5.41, 5.74) is 5.05. The molecule has 3 aromatic rings. The maximum absolute atomic E-state index is 12.4. The first-order chi connectivity index (χ1) is 13.3. The third-order valence-corrected chi connectivity index (χ3v) is 4.75. The topological polar surface area (TPSA) is 54.2 Å². The van der Waals surface area contributed by atoms with Crippen LogP contribution in [0.25, 0.3) is 16.9 Å². The standard InChI is InChI=1S/C19H21BrF3N5/c1-3-24-10-14-5-4-13(8-12(14)2)16-11-26-18-15(9-17(20)27-28(16)18)25-7-6-19(21,22)23/h4-5,8-9,11,24-25H,3,6-7,10H2,1-2H3. The van der Waals surface area contributed by atoms with Crippen molar-refractivity contribution in [3.8, 4) is 11.3 Å². The van der Waals surface area contributed by atoms with Crippen LogP contribution < -0.4 is 10.6 Å². The van der Waals surface area contributed by atoms with Crippen molar-refractivity contribution in [3.63, 3.8) is 0 Å². The third-order valence-electron chi connectivity index (χ3n) is 4.37. The molecule has 0 aliphatic rings. The molecule has 0 bridgehead atoms. The second kappa shape index (κ2) is 8.48. The summed E-state index contributed by atoms with van der Waals surface area (Å²) in [6.45, 7) is 5.58. The predicted molar refractivity (Wildman–Crippen MR) is 107 cm³/mol. The largest absolute Gasteiger partial charge is 0.390 e. The number of benzene rings is 1. The number of aromatic nitrogens is 3. The quantitative estimate of drug-likeness (QED) is 0.529. The van der Waals surface area contributed by atoms with Crippen LogP contribution in [-0.4, -0.2) is 33.9 Å². The van der Waals surface area contributed by atoms with E-state index >= 15 is 0 Å². The van der Waals surface area contributed by atoms with Gasteiger partial charge in [0.1, 0.15) is 4.60 Å². The van der Waals surface area contributed by atoms with E-state index < -0.39 is 12.6 Å². The second-order valence-electron chi connectivity index (χ2n) is 6.47. The van der Waals surface area contributed by atoms with E-state index in [1.54, 1.807) is 16.8 Å². The molecule has 0 aliphatic heterocycles. The first-order valence-corrected chi connectivity index (χ1v) is 9.73. The Hall–Kier alpha value is -2.13. The minimum absolute atomic E-state index is 0.226. The zero-order valence-corrected chi connectivity index (χ0v) is 17.2. The van der Waals surface area contributed by atoms with Crippen molar-refractivity contribution in [2.45, 2.75) is 33.0 Å². The van der Waals surface area contributed by atoms with E-state index in [1.807, 2.05) is 13.0 Å². The van der Waals surface area contributed by atoms with E-state index in [2.05, 4.69) is 55.7 Å². The number of hydrogen-bond acceptors (Lipinski definition) is 4. The summed E-state index contributed by atoms with van der Waals surface area (Å²) in [5, 5.41) is 10.5. The Balaban J connectivity index is 1.92. The molecule has 0 saturated heterocycles. The van der Waals surface area contributed by atoms with Gasteiger partial charge in [0.05, 0.1) is 24.0 Å². The van der Waals surface area contributed by atoms with Gasteiger partial charge in [-0.3, -0.25) is 0 Å². The maximum Gasteiger partial charge on any atom is 0.390 e. The van der Waals surface area contributed by atoms with Crippen LogP contribution >= 0.6 is 15.9 Å². The molecule has 0 radical (unpaired) electrons. The van der Waals surface area contributed by atoms with Crippen LogP contribution in [0.15, 0.2) is 35.1 Å². The summed E-state index contributed by atoms with van der Waals surface area (Å²) in [7, 11) is 0. The average molecular weight is 456 g/mol. The number of hydrogen-bond donors (Lipinski definition) is 2. The highest BCUT2D eigenvalue weighted by Gasteiger charge is 2.26. The van der Waals surface area contributed by atoms with Crippen molar-refractivity contribution < 1.29 is 13.2 Å². The van der Waals surface area contributed by atoms with Crippen molar-refractivity contribution in [2.24, 2.45) is 0 Å². The van der Waals surface area contributed by atoms with Crippen LogP contribution in [0.2, 0.25) is 0 Å². The van der Waals surface area contributed by atoms with E-state index in [-0.39, 0.29) is 6.54 Å². The summed E-state index contributed by atoms with van der Waals surface area (Å²) in [6, 6.07) is 7.76. The molecule has 0 spiro atoms. The number of rotatable bonds is 7. The SMILES string of the molecule is CCNCc1ccc(-c2cnc3c(NCCC(F)(F)F)cc(Br)nn23)cc1C. The normalized spacial score (nSPS) is 11.9. The summed E-state index contributed by atoms with van der Waals surface area (Å²) in [5.74, 6) is 0. The Labute approximate surface area is 169 Å². The van der Waals surface area contributed by atoms with E-state index in [0.717, 1.165) is 29.9 Å². The van der Waals surface area contributed by atoms with Gasteiger partial charge in [0, 0.05) is 18.7 Å². The van der Waals surface area contributed by atoms with Gasteiger partial charge in [-0.2, -0.15) is 18.3 Å². The van der Waals surface area contributed by atoms with Gasteiger partial charge in [-0.1, -0.05) is 19.1 Å². The molecule has 9 heteroatoms. The zero-order chi connectivity index (χ0) is 20.3. The van der Waals surface area contributed by atoms with E-state index in [4.69, 9.17) is 0 Å². The predicted octanol–water partition coefficient (Wildman–Crippen LogP) is 4.94. The minimum Gasteiger partial charge on any atom is -0.382 e. The van der Waals surface area contributed by atoms with Crippen molar-refractivity contribution in [1.82, 2.24) is 19.9 Å². The zero-order valence-electron chi connectivity index (χ0n) is 15.6. The van der Waals surface area contributed by atoms with Crippen LogP contribution in [-0.2, 0) is 6.54 Å². The number of aryl methyl sites for hydroxylation is 1. The van der Waals surface area contributed by atoms with Gasteiger partial charge in [0.25, 0.3) is 0 Å². The number of alkyl halides is 3. The highest BCUT2D eigenvalue weighted by molar-refractivity contribution is 9.10. The van der Waals surface area contributed by atoms with Crippen molar-refractivity contribution in [2.75, 3.05) is 18.4 Å². The number of anilines is 1. The van der Waals surface area contributed by atoms with E-state index in [1.165, 1.54) is 5.56 Å². The molecule has 0 aliphatic carbocycles. The van der Waals surface area contributed by atoms with Gasteiger partial charge in [-0.05, 0) is 52.7 Å². The molecule has 2 N–H and O–H groups in total. The molecule has 2 heterocycles. The van der Waals surface area contributed by atoms with Gasteiger partial charge in [-0.25, -0.2) is 9.50 Å². The molecule has 0 saturated carbocycles. The fourth-order valence-corrected chi connectivity index (χ4v) is 3.31. The number of imidazole rings is 1. The highest BCUT2D eigenvalue weighted by atomic mass is 79.9. The van der Waals surface area contributed by atoms with Gasteiger partial charge in [-0.15, -0.1) is 0 Å². The lowest BCUT2D eigenvalue weighted by atomic mass is 10.0. The monoisotopic (exact) mass is 455 g/mol. The Morgan fingerprint density at radius 1 is 1.21 bits per heavy atom. The van der Waals surface area contributed by atoms with Crippen LogP contribution in [0.4, 0.5) is 18.9 Å². The van der Waals surface area contributed by atoms with Crippen molar-refractivity contribution in [1.29, 1.82) is 0 Å². The summed E-state index contributed by atoms with van der Waals surface area (Å²) in [4.78, 5) is 4.38. The number of halogens is 4. The summed E-state index contributed by atoms with van der Waals surface area (Å²) in [6.07, 6.45) is -3.44. The number of fused-ring (bicyclic) bond motifs is 1. The summed E-state index contributed by atoms with van der Waals surface area (Å²) < 4.78 is 39.5. The Bertz CT molecular complexity index is 968. The first-order valence-electron chi connectivity index (χ1n) is 8.94. The smallest absolute Gasteiger partial charge is 0.382 e. The third kappa shape index (κ3) is 4.82. The van der Waals surface area contributed by atoms with E-state index in [0.29, 0.717) is 15.9 Å². The lowest BCUT2D eigenvalue weighted by Gasteiger charge is -2.11.